The lowest BCUT2D eigenvalue weighted by atomic mass is 10.1. The number of carbonyl (C=O) groups excluding carboxylic acids is 1. The first kappa shape index (κ1) is 21.7. The summed E-state index contributed by atoms with van der Waals surface area (Å²) < 4.78 is 11.5. The van der Waals surface area contributed by atoms with Crippen molar-refractivity contribution in [2.75, 3.05) is 7.11 Å². The van der Waals surface area contributed by atoms with Crippen molar-refractivity contribution >= 4 is 34.6 Å². The van der Waals surface area contributed by atoms with Crippen molar-refractivity contribution in [3.05, 3.63) is 93.9 Å². The van der Waals surface area contributed by atoms with Crippen molar-refractivity contribution in [1.82, 2.24) is 5.32 Å². The van der Waals surface area contributed by atoms with Crippen molar-refractivity contribution < 1.29 is 14.3 Å². The third kappa shape index (κ3) is 5.39. The minimum absolute atomic E-state index is 0.167. The molecule has 0 radical (unpaired) electrons. The minimum Gasteiger partial charge on any atom is -0.493 e. The van der Waals surface area contributed by atoms with Crippen LogP contribution in [0.3, 0.4) is 0 Å². The van der Waals surface area contributed by atoms with E-state index in [1.54, 1.807) is 7.11 Å². The van der Waals surface area contributed by atoms with E-state index in [9.17, 15) is 4.79 Å². The van der Waals surface area contributed by atoms with Crippen LogP contribution in [0, 0.1) is 13.8 Å². The highest BCUT2D eigenvalue weighted by Crippen LogP contribution is 2.32. The molecule has 3 aromatic carbocycles. The Balaban J connectivity index is 1.49. The number of benzene rings is 3. The van der Waals surface area contributed by atoms with Gasteiger partial charge in [0.2, 0.25) is 0 Å². The second-order valence-corrected chi connectivity index (χ2v) is 8.54. The van der Waals surface area contributed by atoms with Gasteiger partial charge in [-0.05, 0) is 72.6 Å². The summed E-state index contributed by atoms with van der Waals surface area (Å²) in [7, 11) is 1.61. The molecule has 0 unspecified atom stereocenters. The Hall–Kier alpha value is -3.51. The highest BCUT2D eigenvalue weighted by atomic mass is 32.2. The van der Waals surface area contributed by atoms with Gasteiger partial charge in [0, 0.05) is 0 Å². The van der Waals surface area contributed by atoms with E-state index in [1.165, 1.54) is 17.3 Å². The highest BCUT2D eigenvalue weighted by molar-refractivity contribution is 8.18. The lowest BCUT2D eigenvalue weighted by Gasteiger charge is -2.12. The molecule has 1 saturated heterocycles. The minimum atomic E-state index is -0.167. The average molecular weight is 445 g/mol. The summed E-state index contributed by atoms with van der Waals surface area (Å²) in [5, 5.41) is 3.39. The first-order chi connectivity index (χ1) is 15.5. The molecule has 0 bridgehead atoms. The van der Waals surface area contributed by atoms with Gasteiger partial charge in [-0.2, -0.15) is 0 Å². The molecule has 1 heterocycles. The van der Waals surface area contributed by atoms with E-state index in [0.29, 0.717) is 28.2 Å². The number of carbonyl (C=O) groups is 1. The summed E-state index contributed by atoms with van der Waals surface area (Å²) in [6.07, 6.45) is 1.83. The Morgan fingerprint density at radius 2 is 1.75 bits per heavy atom. The van der Waals surface area contributed by atoms with Crippen molar-refractivity contribution in [3.63, 3.8) is 0 Å². The number of hydrogen-bond acceptors (Lipinski definition) is 5. The van der Waals surface area contributed by atoms with E-state index >= 15 is 0 Å². The zero-order valence-electron chi connectivity index (χ0n) is 18.2. The van der Waals surface area contributed by atoms with E-state index in [1.807, 2.05) is 67.6 Å². The van der Waals surface area contributed by atoms with Crippen molar-refractivity contribution in [3.8, 4) is 11.5 Å². The molecule has 0 aliphatic carbocycles. The predicted molar refractivity (Wildman–Crippen MR) is 130 cm³/mol. The van der Waals surface area contributed by atoms with Gasteiger partial charge in [0.15, 0.2) is 16.7 Å². The molecule has 1 amide bonds. The SMILES string of the molecule is COc1cc(/C=C2/SC(=Nc3cccc(C)c3)NC2=O)ccc1OCc1cccc(C)c1. The molecule has 162 valence electrons. The van der Waals surface area contributed by atoms with Crippen molar-refractivity contribution in [2.24, 2.45) is 4.99 Å². The maximum atomic E-state index is 12.4. The number of thioether (sulfide) groups is 1. The summed E-state index contributed by atoms with van der Waals surface area (Å²) in [5.41, 5.74) is 5.06. The van der Waals surface area contributed by atoms with Crippen LogP contribution < -0.4 is 14.8 Å². The maximum Gasteiger partial charge on any atom is 0.264 e. The summed E-state index contributed by atoms with van der Waals surface area (Å²) in [5.74, 6) is 1.10. The largest absolute Gasteiger partial charge is 0.493 e. The van der Waals surface area contributed by atoms with Gasteiger partial charge in [-0.15, -0.1) is 0 Å². The standard InChI is InChI=1S/C26H24N2O3S/c1-17-6-4-8-20(12-17)16-31-22-11-10-19(14-23(22)30-3)15-24-25(29)28-26(32-24)27-21-9-5-7-18(2)13-21/h4-15H,16H2,1-3H3,(H,27,28,29)/b24-15+. The topological polar surface area (TPSA) is 59.9 Å². The zero-order chi connectivity index (χ0) is 22.5. The molecular formula is C26H24N2O3S. The normalized spacial score (nSPS) is 15.8. The van der Waals surface area contributed by atoms with Crippen LogP contribution in [0.5, 0.6) is 11.5 Å². The van der Waals surface area contributed by atoms with Gasteiger partial charge in [0.1, 0.15) is 6.61 Å². The number of amides is 1. The van der Waals surface area contributed by atoms with Crippen molar-refractivity contribution in [2.45, 2.75) is 20.5 Å². The number of aliphatic imine (C=N–C) groups is 1. The number of nitrogens with one attached hydrogen (secondary N) is 1. The Labute approximate surface area is 192 Å². The van der Waals surface area contributed by atoms with E-state index in [2.05, 4.69) is 29.4 Å². The fraction of sp³-hybridized carbons (Fsp3) is 0.154. The number of hydrogen-bond donors (Lipinski definition) is 1. The molecule has 1 aliphatic rings. The molecule has 6 heteroatoms. The summed E-state index contributed by atoms with van der Waals surface area (Å²) in [6, 6.07) is 21.7. The molecular weight excluding hydrogens is 420 g/mol. The van der Waals surface area contributed by atoms with Gasteiger partial charge in [-0.1, -0.05) is 48.0 Å². The van der Waals surface area contributed by atoms with Gasteiger partial charge in [0.05, 0.1) is 17.7 Å². The van der Waals surface area contributed by atoms with E-state index in [-0.39, 0.29) is 5.91 Å². The predicted octanol–water partition coefficient (Wildman–Crippen LogP) is 5.78. The Morgan fingerprint density at radius 1 is 0.969 bits per heavy atom. The molecule has 0 saturated carbocycles. The number of rotatable bonds is 6. The molecule has 0 aromatic heterocycles. The zero-order valence-corrected chi connectivity index (χ0v) is 19.0. The van der Waals surface area contributed by atoms with Crippen LogP contribution in [-0.2, 0) is 11.4 Å². The summed E-state index contributed by atoms with van der Waals surface area (Å²) in [6.45, 7) is 4.52. The van der Waals surface area contributed by atoms with Crippen LogP contribution in [-0.4, -0.2) is 18.2 Å². The smallest absolute Gasteiger partial charge is 0.264 e. The van der Waals surface area contributed by atoms with Crippen LogP contribution >= 0.6 is 11.8 Å². The van der Waals surface area contributed by atoms with Crippen molar-refractivity contribution in [1.29, 1.82) is 0 Å². The molecule has 4 rings (SSSR count). The Kier molecular flexibility index (Phi) is 6.61. The fourth-order valence-electron chi connectivity index (χ4n) is 3.30. The molecule has 32 heavy (non-hydrogen) atoms. The van der Waals surface area contributed by atoms with Crippen LogP contribution in [0.2, 0.25) is 0 Å². The third-order valence-electron chi connectivity index (χ3n) is 4.85. The number of amidine groups is 1. The molecule has 1 fully saturated rings. The number of nitrogens with zero attached hydrogens (tertiary/aromatic N) is 1. The Morgan fingerprint density at radius 3 is 2.50 bits per heavy atom. The van der Waals surface area contributed by atoms with Gasteiger partial charge in [0.25, 0.3) is 5.91 Å². The van der Waals surface area contributed by atoms with Crippen LogP contribution in [0.1, 0.15) is 22.3 Å². The van der Waals surface area contributed by atoms with E-state index in [4.69, 9.17) is 9.47 Å². The molecule has 1 aliphatic heterocycles. The number of methoxy groups -OCH3 is 1. The van der Waals surface area contributed by atoms with E-state index < -0.39 is 0 Å². The second kappa shape index (κ2) is 9.75. The lowest BCUT2D eigenvalue weighted by molar-refractivity contribution is -0.115. The second-order valence-electron chi connectivity index (χ2n) is 7.51. The monoisotopic (exact) mass is 444 g/mol. The third-order valence-corrected chi connectivity index (χ3v) is 5.76. The summed E-state index contributed by atoms with van der Waals surface area (Å²) in [4.78, 5) is 17.5. The number of ether oxygens (including phenoxy) is 2. The first-order valence-electron chi connectivity index (χ1n) is 10.2. The molecule has 3 aromatic rings. The molecule has 0 atom stereocenters. The van der Waals surface area contributed by atoms with E-state index in [0.717, 1.165) is 22.4 Å². The lowest BCUT2D eigenvalue weighted by Crippen LogP contribution is -2.19. The molecule has 5 nitrogen and oxygen atoms in total. The van der Waals surface area contributed by atoms with Gasteiger partial charge >= 0.3 is 0 Å². The van der Waals surface area contributed by atoms with Gasteiger partial charge in [-0.3, -0.25) is 4.79 Å². The highest BCUT2D eigenvalue weighted by Gasteiger charge is 2.24. The quantitative estimate of drug-likeness (QED) is 0.490. The number of aryl methyl sites for hydroxylation is 2. The summed E-state index contributed by atoms with van der Waals surface area (Å²) >= 11 is 1.32. The maximum absolute atomic E-state index is 12.4. The molecule has 1 N–H and O–H groups in total. The van der Waals surface area contributed by atoms with Crippen LogP contribution in [0.15, 0.2) is 76.6 Å². The van der Waals surface area contributed by atoms with Gasteiger partial charge < -0.3 is 14.8 Å². The van der Waals surface area contributed by atoms with Crippen LogP contribution in [0.25, 0.3) is 6.08 Å². The first-order valence-corrected chi connectivity index (χ1v) is 11.0. The molecule has 0 spiro atoms. The fourth-order valence-corrected chi connectivity index (χ4v) is 4.14. The average Bonchev–Trinajstić information content (AvgIpc) is 3.11. The van der Waals surface area contributed by atoms with Crippen LogP contribution in [0.4, 0.5) is 5.69 Å². The Bertz CT molecular complexity index is 1220. The van der Waals surface area contributed by atoms with Gasteiger partial charge in [-0.25, -0.2) is 4.99 Å².